The zero-order valence-corrected chi connectivity index (χ0v) is 18.6. The standard InChI is InChI=1S/C27H21ClFNO3/c1-32-26-14-9-20(27(31)30-22-10-13-25(29)24(28)16-22)15-21(26)17-33-23-11-7-19(8-12-23)18-5-3-2-4-6-18/h2-16H,17H2,1H3,(H,30,31). The molecular formula is C27H21ClFNO3. The highest BCUT2D eigenvalue weighted by Gasteiger charge is 2.12. The highest BCUT2D eigenvalue weighted by atomic mass is 35.5. The molecule has 0 aromatic heterocycles. The van der Waals surface area contributed by atoms with E-state index in [0.29, 0.717) is 22.7 Å². The summed E-state index contributed by atoms with van der Waals surface area (Å²) in [5, 5.41) is 2.65. The van der Waals surface area contributed by atoms with E-state index in [9.17, 15) is 9.18 Å². The normalized spacial score (nSPS) is 10.5. The summed E-state index contributed by atoms with van der Waals surface area (Å²) in [6.45, 7) is 0.220. The molecule has 0 bridgehead atoms. The van der Waals surface area contributed by atoms with Crippen LogP contribution >= 0.6 is 11.6 Å². The monoisotopic (exact) mass is 461 g/mol. The van der Waals surface area contributed by atoms with Crippen molar-refractivity contribution in [2.45, 2.75) is 6.61 Å². The van der Waals surface area contributed by atoms with Gasteiger partial charge in [0.2, 0.25) is 0 Å². The smallest absolute Gasteiger partial charge is 0.255 e. The van der Waals surface area contributed by atoms with Crippen molar-refractivity contribution < 1.29 is 18.7 Å². The number of ether oxygens (including phenoxy) is 2. The molecule has 4 nitrogen and oxygen atoms in total. The van der Waals surface area contributed by atoms with Crippen molar-refractivity contribution in [3.63, 3.8) is 0 Å². The van der Waals surface area contributed by atoms with E-state index in [2.05, 4.69) is 17.4 Å². The Morgan fingerprint density at radius 2 is 1.64 bits per heavy atom. The third kappa shape index (κ3) is 5.51. The van der Waals surface area contributed by atoms with Crippen molar-refractivity contribution in [2.24, 2.45) is 0 Å². The highest BCUT2D eigenvalue weighted by Crippen LogP contribution is 2.26. The lowest BCUT2D eigenvalue weighted by molar-refractivity contribution is 0.102. The predicted octanol–water partition coefficient (Wildman–Crippen LogP) is 6.99. The molecule has 0 saturated carbocycles. The first-order chi connectivity index (χ1) is 16.0. The predicted molar refractivity (Wildman–Crippen MR) is 129 cm³/mol. The number of halogens is 2. The molecule has 0 radical (unpaired) electrons. The van der Waals surface area contributed by atoms with Gasteiger partial charge in [-0.2, -0.15) is 0 Å². The number of carbonyl (C=O) groups is 1. The molecule has 33 heavy (non-hydrogen) atoms. The Kier molecular flexibility index (Phi) is 6.91. The van der Waals surface area contributed by atoms with Gasteiger partial charge in [0.25, 0.3) is 5.91 Å². The van der Waals surface area contributed by atoms with Crippen molar-refractivity contribution in [1.82, 2.24) is 0 Å². The maximum absolute atomic E-state index is 13.4. The van der Waals surface area contributed by atoms with Gasteiger partial charge in [-0.15, -0.1) is 0 Å². The minimum absolute atomic E-state index is 0.0603. The van der Waals surface area contributed by atoms with E-state index in [1.165, 1.54) is 18.2 Å². The van der Waals surface area contributed by atoms with Crippen LogP contribution in [0.25, 0.3) is 11.1 Å². The molecule has 0 spiro atoms. The maximum atomic E-state index is 13.4. The number of amides is 1. The summed E-state index contributed by atoms with van der Waals surface area (Å²) in [6, 6.07) is 27.0. The molecule has 4 rings (SSSR count). The lowest BCUT2D eigenvalue weighted by Crippen LogP contribution is -2.13. The Balaban J connectivity index is 1.46. The van der Waals surface area contributed by atoms with Crippen LogP contribution in [0.3, 0.4) is 0 Å². The Morgan fingerprint density at radius 1 is 0.909 bits per heavy atom. The number of anilines is 1. The van der Waals surface area contributed by atoms with E-state index in [1.54, 1.807) is 25.3 Å². The van der Waals surface area contributed by atoms with Gasteiger partial charge in [-0.3, -0.25) is 4.79 Å². The summed E-state index contributed by atoms with van der Waals surface area (Å²) in [5.74, 6) is 0.411. The van der Waals surface area contributed by atoms with Gasteiger partial charge in [0, 0.05) is 16.8 Å². The summed E-state index contributed by atoms with van der Waals surface area (Å²) in [7, 11) is 1.56. The fraction of sp³-hybridized carbons (Fsp3) is 0.0741. The largest absolute Gasteiger partial charge is 0.496 e. The summed E-state index contributed by atoms with van der Waals surface area (Å²) >= 11 is 5.79. The van der Waals surface area contributed by atoms with Gasteiger partial charge >= 0.3 is 0 Å². The third-order valence-electron chi connectivity index (χ3n) is 5.08. The Hall–Kier alpha value is -3.83. The van der Waals surface area contributed by atoms with Crippen LogP contribution in [-0.2, 0) is 6.61 Å². The quantitative estimate of drug-likeness (QED) is 0.323. The van der Waals surface area contributed by atoms with Gasteiger partial charge in [0.05, 0.1) is 12.1 Å². The fourth-order valence-electron chi connectivity index (χ4n) is 3.35. The SMILES string of the molecule is COc1ccc(C(=O)Nc2ccc(F)c(Cl)c2)cc1COc1ccc(-c2ccccc2)cc1. The van der Waals surface area contributed by atoms with Crippen molar-refractivity contribution in [3.05, 3.63) is 113 Å². The highest BCUT2D eigenvalue weighted by molar-refractivity contribution is 6.31. The molecule has 0 atom stereocenters. The second-order valence-corrected chi connectivity index (χ2v) is 7.70. The van der Waals surface area contributed by atoms with E-state index in [4.69, 9.17) is 21.1 Å². The first-order valence-electron chi connectivity index (χ1n) is 10.2. The minimum Gasteiger partial charge on any atom is -0.496 e. The maximum Gasteiger partial charge on any atom is 0.255 e. The van der Waals surface area contributed by atoms with Crippen molar-refractivity contribution in [3.8, 4) is 22.6 Å². The van der Waals surface area contributed by atoms with Crippen LogP contribution in [0.5, 0.6) is 11.5 Å². The van der Waals surface area contributed by atoms with E-state index < -0.39 is 5.82 Å². The molecule has 0 saturated heterocycles. The molecule has 1 amide bonds. The van der Waals surface area contributed by atoms with E-state index in [0.717, 1.165) is 16.7 Å². The topological polar surface area (TPSA) is 47.6 Å². The first-order valence-corrected chi connectivity index (χ1v) is 10.6. The molecule has 0 fully saturated rings. The van der Waals surface area contributed by atoms with Crippen LogP contribution in [-0.4, -0.2) is 13.0 Å². The Labute approximate surface area is 196 Å². The average molecular weight is 462 g/mol. The summed E-state index contributed by atoms with van der Waals surface area (Å²) in [6.07, 6.45) is 0. The van der Waals surface area contributed by atoms with Crippen LogP contribution in [0.15, 0.2) is 91.0 Å². The number of methoxy groups -OCH3 is 1. The first kappa shape index (κ1) is 22.4. The minimum atomic E-state index is -0.546. The van der Waals surface area contributed by atoms with Crippen molar-refractivity contribution in [1.29, 1.82) is 0 Å². The Morgan fingerprint density at radius 3 is 2.33 bits per heavy atom. The molecule has 0 aliphatic carbocycles. The van der Waals surface area contributed by atoms with Gasteiger partial charge in [0.15, 0.2) is 0 Å². The summed E-state index contributed by atoms with van der Waals surface area (Å²) in [4.78, 5) is 12.7. The van der Waals surface area contributed by atoms with Crippen LogP contribution in [0.1, 0.15) is 15.9 Å². The van der Waals surface area contributed by atoms with Crippen LogP contribution in [0.4, 0.5) is 10.1 Å². The number of nitrogens with one attached hydrogen (secondary N) is 1. The lowest BCUT2D eigenvalue weighted by Gasteiger charge is -2.13. The molecule has 166 valence electrons. The van der Waals surface area contributed by atoms with Gasteiger partial charge in [-0.1, -0.05) is 54.1 Å². The molecule has 4 aromatic rings. The van der Waals surface area contributed by atoms with Gasteiger partial charge in [0.1, 0.15) is 23.9 Å². The number of hydrogen-bond acceptors (Lipinski definition) is 3. The third-order valence-corrected chi connectivity index (χ3v) is 5.37. The number of benzene rings is 4. The molecule has 6 heteroatoms. The van der Waals surface area contributed by atoms with Crippen LogP contribution < -0.4 is 14.8 Å². The summed E-state index contributed by atoms with van der Waals surface area (Å²) in [5.41, 5.74) is 3.76. The molecule has 1 N–H and O–H groups in total. The number of hydrogen-bond donors (Lipinski definition) is 1. The van der Waals surface area contributed by atoms with Gasteiger partial charge in [-0.25, -0.2) is 4.39 Å². The number of carbonyl (C=O) groups excluding carboxylic acids is 1. The van der Waals surface area contributed by atoms with Crippen LogP contribution in [0.2, 0.25) is 5.02 Å². The second kappa shape index (κ2) is 10.2. The molecular weight excluding hydrogens is 441 g/mol. The molecule has 4 aromatic carbocycles. The summed E-state index contributed by atoms with van der Waals surface area (Å²) < 4.78 is 24.7. The van der Waals surface area contributed by atoms with Crippen molar-refractivity contribution in [2.75, 3.05) is 12.4 Å². The molecule has 0 unspecified atom stereocenters. The lowest BCUT2D eigenvalue weighted by atomic mass is 10.1. The molecule has 0 aliphatic heterocycles. The van der Waals surface area contributed by atoms with Gasteiger partial charge < -0.3 is 14.8 Å². The zero-order chi connectivity index (χ0) is 23.2. The van der Waals surface area contributed by atoms with Crippen LogP contribution in [0, 0.1) is 5.82 Å². The van der Waals surface area contributed by atoms with Gasteiger partial charge in [-0.05, 0) is 59.7 Å². The molecule has 0 heterocycles. The number of rotatable bonds is 7. The van der Waals surface area contributed by atoms with E-state index in [-0.39, 0.29) is 17.5 Å². The zero-order valence-electron chi connectivity index (χ0n) is 17.8. The average Bonchev–Trinajstić information content (AvgIpc) is 2.85. The Bertz CT molecular complexity index is 1260. The van der Waals surface area contributed by atoms with E-state index >= 15 is 0 Å². The second-order valence-electron chi connectivity index (χ2n) is 7.29. The fourth-order valence-corrected chi connectivity index (χ4v) is 3.53. The molecule has 0 aliphatic rings. The van der Waals surface area contributed by atoms with E-state index in [1.807, 2.05) is 42.5 Å². The van der Waals surface area contributed by atoms with Crippen molar-refractivity contribution >= 4 is 23.2 Å².